The van der Waals surface area contributed by atoms with Crippen molar-refractivity contribution in [2.75, 3.05) is 6.54 Å². The minimum absolute atomic E-state index is 0.696. The Balaban J connectivity index is 1.97. The molecule has 0 aromatic carbocycles. The van der Waals surface area contributed by atoms with Crippen LogP contribution in [0.2, 0.25) is 0 Å². The van der Waals surface area contributed by atoms with Gasteiger partial charge in [-0.3, -0.25) is 0 Å². The van der Waals surface area contributed by atoms with E-state index in [4.69, 9.17) is 5.73 Å². The van der Waals surface area contributed by atoms with Gasteiger partial charge in [0.15, 0.2) is 0 Å². The van der Waals surface area contributed by atoms with E-state index in [9.17, 15) is 0 Å². The molecule has 0 aliphatic heterocycles. The molecule has 1 aromatic heterocycles. The molecule has 19 heavy (non-hydrogen) atoms. The van der Waals surface area contributed by atoms with E-state index in [1.165, 1.54) is 63.6 Å². The summed E-state index contributed by atoms with van der Waals surface area (Å²) in [5.41, 5.74) is 5.58. The Bertz CT molecular complexity index is 307. The molecule has 0 unspecified atom stereocenters. The maximum absolute atomic E-state index is 5.58. The van der Waals surface area contributed by atoms with Crippen molar-refractivity contribution >= 4 is 0 Å². The molecule has 110 valence electrons. The summed E-state index contributed by atoms with van der Waals surface area (Å²) in [6, 6.07) is 0. The molecule has 2 N–H and O–H groups in total. The average Bonchev–Trinajstić information content (AvgIpc) is 2.85. The molecular formula is C16H31N3. The standard InChI is InChI=1S/C16H31N3/c1-2-3-4-5-6-7-8-9-10-11-16-18-13-15-19(16)14-12-17/h13,15H,2-12,14,17H2,1H3. The second-order valence-electron chi connectivity index (χ2n) is 5.40. The number of unbranched alkanes of at least 4 members (excludes halogenated alkanes) is 8. The first-order chi connectivity index (χ1) is 9.38. The van der Waals surface area contributed by atoms with Crippen LogP contribution in [0.1, 0.15) is 70.5 Å². The van der Waals surface area contributed by atoms with Gasteiger partial charge in [-0.05, 0) is 6.42 Å². The maximum atomic E-state index is 5.58. The number of rotatable bonds is 12. The highest BCUT2D eigenvalue weighted by Crippen LogP contribution is 2.11. The first-order valence-corrected chi connectivity index (χ1v) is 8.08. The molecule has 0 amide bonds. The van der Waals surface area contributed by atoms with Crippen LogP contribution in [0.25, 0.3) is 0 Å². The summed E-state index contributed by atoms with van der Waals surface area (Å²) in [6.07, 6.45) is 17.4. The summed E-state index contributed by atoms with van der Waals surface area (Å²) < 4.78 is 2.19. The molecule has 0 aliphatic rings. The van der Waals surface area contributed by atoms with E-state index in [-0.39, 0.29) is 0 Å². The van der Waals surface area contributed by atoms with E-state index in [2.05, 4.69) is 16.5 Å². The van der Waals surface area contributed by atoms with E-state index in [0.717, 1.165) is 13.0 Å². The summed E-state index contributed by atoms with van der Waals surface area (Å²) >= 11 is 0. The molecule has 1 rings (SSSR count). The van der Waals surface area contributed by atoms with Crippen molar-refractivity contribution in [1.29, 1.82) is 0 Å². The van der Waals surface area contributed by atoms with Crippen LogP contribution in [0.5, 0.6) is 0 Å². The fourth-order valence-corrected chi connectivity index (χ4v) is 2.50. The third kappa shape index (κ3) is 7.36. The fraction of sp³-hybridized carbons (Fsp3) is 0.812. The van der Waals surface area contributed by atoms with Gasteiger partial charge >= 0.3 is 0 Å². The van der Waals surface area contributed by atoms with Crippen molar-refractivity contribution in [2.45, 2.75) is 77.7 Å². The van der Waals surface area contributed by atoms with Gasteiger partial charge in [-0.15, -0.1) is 0 Å². The number of hydrogen-bond donors (Lipinski definition) is 1. The molecular weight excluding hydrogens is 234 g/mol. The second kappa shape index (κ2) is 11.0. The van der Waals surface area contributed by atoms with Gasteiger partial charge in [0.25, 0.3) is 0 Å². The predicted octanol–water partition coefficient (Wildman–Crippen LogP) is 3.92. The summed E-state index contributed by atoms with van der Waals surface area (Å²) in [6.45, 7) is 3.86. The van der Waals surface area contributed by atoms with Gasteiger partial charge in [-0.25, -0.2) is 4.98 Å². The molecule has 0 spiro atoms. The van der Waals surface area contributed by atoms with Gasteiger partial charge in [0.05, 0.1) is 0 Å². The van der Waals surface area contributed by atoms with Crippen LogP contribution < -0.4 is 5.73 Å². The highest BCUT2D eigenvalue weighted by atomic mass is 15.1. The topological polar surface area (TPSA) is 43.8 Å². The number of hydrogen-bond acceptors (Lipinski definition) is 2. The van der Waals surface area contributed by atoms with Crippen LogP contribution in [0.15, 0.2) is 12.4 Å². The largest absolute Gasteiger partial charge is 0.334 e. The lowest BCUT2D eigenvalue weighted by Gasteiger charge is -2.06. The number of nitrogens with two attached hydrogens (primary N) is 1. The van der Waals surface area contributed by atoms with E-state index in [0.29, 0.717) is 6.54 Å². The Kier molecular flexibility index (Phi) is 9.42. The smallest absolute Gasteiger partial charge is 0.108 e. The van der Waals surface area contributed by atoms with Gasteiger partial charge in [-0.1, -0.05) is 58.3 Å². The lowest BCUT2D eigenvalue weighted by atomic mass is 10.1. The molecule has 0 bridgehead atoms. The number of aromatic nitrogens is 2. The molecule has 0 fully saturated rings. The Labute approximate surface area is 118 Å². The number of nitrogens with zero attached hydrogens (tertiary/aromatic N) is 2. The van der Waals surface area contributed by atoms with Crippen LogP contribution in [0.4, 0.5) is 0 Å². The maximum Gasteiger partial charge on any atom is 0.108 e. The monoisotopic (exact) mass is 265 g/mol. The van der Waals surface area contributed by atoms with Crippen molar-refractivity contribution in [1.82, 2.24) is 9.55 Å². The van der Waals surface area contributed by atoms with E-state index >= 15 is 0 Å². The Morgan fingerprint density at radius 2 is 1.63 bits per heavy atom. The Morgan fingerprint density at radius 1 is 1.00 bits per heavy atom. The molecule has 0 saturated heterocycles. The molecule has 1 aromatic rings. The normalized spacial score (nSPS) is 11.1. The molecule has 3 heteroatoms. The lowest BCUT2D eigenvalue weighted by Crippen LogP contribution is -2.11. The minimum atomic E-state index is 0.696. The SMILES string of the molecule is CCCCCCCCCCCc1nccn1CCN. The van der Waals surface area contributed by atoms with Gasteiger partial charge in [0, 0.05) is 31.9 Å². The fourth-order valence-electron chi connectivity index (χ4n) is 2.50. The minimum Gasteiger partial charge on any atom is -0.334 e. The van der Waals surface area contributed by atoms with Crippen LogP contribution >= 0.6 is 0 Å². The van der Waals surface area contributed by atoms with Crippen LogP contribution in [0.3, 0.4) is 0 Å². The summed E-state index contributed by atoms with van der Waals surface area (Å²) in [5, 5.41) is 0. The van der Waals surface area contributed by atoms with Crippen molar-refractivity contribution in [3.05, 3.63) is 18.2 Å². The molecule has 0 saturated carbocycles. The Hall–Kier alpha value is -0.830. The highest BCUT2D eigenvalue weighted by molar-refractivity contribution is 4.92. The predicted molar refractivity (Wildman–Crippen MR) is 82.2 cm³/mol. The third-order valence-electron chi connectivity index (χ3n) is 3.68. The summed E-state index contributed by atoms with van der Waals surface area (Å²) in [5.74, 6) is 1.20. The third-order valence-corrected chi connectivity index (χ3v) is 3.68. The molecule has 3 nitrogen and oxygen atoms in total. The number of aryl methyl sites for hydroxylation is 1. The molecule has 0 atom stereocenters. The molecule has 0 radical (unpaired) electrons. The first kappa shape index (κ1) is 16.2. The van der Waals surface area contributed by atoms with Gasteiger partial charge in [0.2, 0.25) is 0 Å². The van der Waals surface area contributed by atoms with Crippen molar-refractivity contribution < 1.29 is 0 Å². The summed E-state index contributed by atoms with van der Waals surface area (Å²) in [7, 11) is 0. The van der Waals surface area contributed by atoms with Gasteiger partial charge < -0.3 is 10.3 Å². The van der Waals surface area contributed by atoms with E-state index < -0.39 is 0 Å². The first-order valence-electron chi connectivity index (χ1n) is 8.08. The van der Waals surface area contributed by atoms with E-state index in [1.807, 2.05) is 12.4 Å². The zero-order valence-corrected chi connectivity index (χ0v) is 12.6. The van der Waals surface area contributed by atoms with E-state index in [1.54, 1.807) is 0 Å². The van der Waals surface area contributed by atoms with Gasteiger partial charge in [-0.2, -0.15) is 0 Å². The van der Waals surface area contributed by atoms with Crippen molar-refractivity contribution in [3.63, 3.8) is 0 Å². The molecule has 0 aliphatic carbocycles. The Morgan fingerprint density at radius 3 is 2.26 bits per heavy atom. The number of imidazole rings is 1. The van der Waals surface area contributed by atoms with Crippen molar-refractivity contribution in [2.24, 2.45) is 5.73 Å². The average molecular weight is 265 g/mol. The molecule has 1 heterocycles. The van der Waals surface area contributed by atoms with Crippen LogP contribution in [-0.2, 0) is 13.0 Å². The zero-order chi connectivity index (χ0) is 13.8. The summed E-state index contributed by atoms with van der Waals surface area (Å²) in [4.78, 5) is 4.41. The zero-order valence-electron chi connectivity index (χ0n) is 12.6. The van der Waals surface area contributed by atoms with Crippen molar-refractivity contribution in [3.8, 4) is 0 Å². The highest BCUT2D eigenvalue weighted by Gasteiger charge is 2.01. The lowest BCUT2D eigenvalue weighted by molar-refractivity contribution is 0.555. The van der Waals surface area contributed by atoms with Crippen LogP contribution in [0, 0.1) is 0 Å². The second-order valence-corrected chi connectivity index (χ2v) is 5.40. The van der Waals surface area contributed by atoms with Crippen LogP contribution in [-0.4, -0.2) is 16.1 Å². The van der Waals surface area contributed by atoms with Gasteiger partial charge in [0.1, 0.15) is 5.82 Å². The quantitative estimate of drug-likeness (QED) is 0.582.